The monoisotopic (exact) mass is 335 g/mol. The number of piperidine rings is 1. The number of unbranched alkanes of at least 4 members (excludes halogenated alkanes) is 1. The smallest absolute Gasteiger partial charge is 0.410 e. The standard InChI is InChI=1S/C18H25NO5/c1-2-3-11-23-17(21)16-10-9-15(20)12-19(16)18(22)24-13-14-7-5-4-6-8-14/h4-8,15-16,20H,2-3,9-13H2,1H3/t15-,16-/m0/s1. The van der Waals surface area contributed by atoms with Gasteiger partial charge in [-0.05, 0) is 24.8 Å². The summed E-state index contributed by atoms with van der Waals surface area (Å²) in [6.45, 7) is 2.57. The Balaban J connectivity index is 1.94. The van der Waals surface area contributed by atoms with E-state index < -0.39 is 24.2 Å². The highest BCUT2D eigenvalue weighted by Gasteiger charge is 2.37. The molecule has 24 heavy (non-hydrogen) atoms. The molecule has 132 valence electrons. The molecule has 1 saturated heterocycles. The Morgan fingerprint density at radius 3 is 2.67 bits per heavy atom. The Labute approximate surface area is 142 Å². The quantitative estimate of drug-likeness (QED) is 0.638. The van der Waals surface area contributed by atoms with Crippen molar-refractivity contribution in [2.24, 2.45) is 0 Å². The van der Waals surface area contributed by atoms with Gasteiger partial charge in [-0.1, -0.05) is 43.7 Å². The molecule has 0 spiro atoms. The summed E-state index contributed by atoms with van der Waals surface area (Å²) in [5.74, 6) is -0.424. The summed E-state index contributed by atoms with van der Waals surface area (Å²) in [7, 11) is 0. The largest absolute Gasteiger partial charge is 0.464 e. The van der Waals surface area contributed by atoms with Crippen LogP contribution < -0.4 is 0 Å². The molecular formula is C18H25NO5. The number of benzene rings is 1. The number of β-amino-alcohol motifs (C(OH)–C–C–N with tert-alkyl or cyclic N) is 1. The fourth-order valence-corrected chi connectivity index (χ4v) is 2.61. The lowest BCUT2D eigenvalue weighted by Crippen LogP contribution is -2.52. The van der Waals surface area contributed by atoms with E-state index in [2.05, 4.69) is 0 Å². The summed E-state index contributed by atoms with van der Waals surface area (Å²) in [4.78, 5) is 25.8. The van der Waals surface area contributed by atoms with Crippen LogP contribution in [0.25, 0.3) is 0 Å². The lowest BCUT2D eigenvalue weighted by Gasteiger charge is -2.35. The highest BCUT2D eigenvalue weighted by atomic mass is 16.6. The zero-order valence-corrected chi connectivity index (χ0v) is 14.0. The molecule has 1 aliphatic heterocycles. The average molecular weight is 335 g/mol. The van der Waals surface area contributed by atoms with Crippen molar-refractivity contribution in [1.29, 1.82) is 0 Å². The van der Waals surface area contributed by atoms with E-state index in [1.807, 2.05) is 37.3 Å². The van der Waals surface area contributed by atoms with Crippen molar-refractivity contribution < 1.29 is 24.2 Å². The Hall–Kier alpha value is -2.08. The third-order valence-electron chi connectivity index (χ3n) is 4.01. The predicted molar refractivity (Wildman–Crippen MR) is 88.2 cm³/mol. The number of esters is 1. The fraction of sp³-hybridized carbons (Fsp3) is 0.556. The normalized spacial score (nSPS) is 20.5. The number of aliphatic hydroxyl groups is 1. The summed E-state index contributed by atoms with van der Waals surface area (Å²) in [5.41, 5.74) is 0.866. The van der Waals surface area contributed by atoms with E-state index in [0.717, 1.165) is 18.4 Å². The van der Waals surface area contributed by atoms with E-state index in [4.69, 9.17) is 9.47 Å². The number of hydrogen-bond donors (Lipinski definition) is 1. The maximum absolute atomic E-state index is 12.3. The Morgan fingerprint density at radius 2 is 1.96 bits per heavy atom. The molecule has 6 nitrogen and oxygen atoms in total. The molecule has 1 aliphatic rings. The molecule has 6 heteroatoms. The number of hydrogen-bond acceptors (Lipinski definition) is 5. The second-order valence-corrected chi connectivity index (χ2v) is 5.96. The van der Waals surface area contributed by atoms with Gasteiger partial charge in [0.05, 0.1) is 19.3 Å². The average Bonchev–Trinajstić information content (AvgIpc) is 2.60. The van der Waals surface area contributed by atoms with Gasteiger partial charge < -0.3 is 14.6 Å². The maximum atomic E-state index is 12.3. The molecule has 1 amide bonds. The van der Waals surface area contributed by atoms with Gasteiger partial charge in [-0.2, -0.15) is 0 Å². The van der Waals surface area contributed by atoms with E-state index in [-0.39, 0.29) is 13.2 Å². The Kier molecular flexibility index (Phi) is 7.06. The van der Waals surface area contributed by atoms with Crippen LogP contribution in [0.5, 0.6) is 0 Å². The van der Waals surface area contributed by atoms with Gasteiger partial charge in [-0.15, -0.1) is 0 Å². The minimum absolute atomic E-state index is 0.0845. The highest BCUT2D eigenvalue weighted by Crippen LogP contribution is 2.20. The molecule has 0 unspecified atom stereocenters. The Bertz CT molecular complexity index is 533. The van der Waals surface area contributed by atoms with Gasteiger partial charge in [0.25, 0.3) is 0 Å². The van der Waals surface area contributed by atoms with Crippen LogP contribution in [0.15, 0.2) is 30.3 Å². The molecule has 0 saturated carbocycles. The van der Waals surface area contributed by atoms with Crippen LogP contribution in [-0.4, -0.2) is 47.4 Å². The summed E-state index contributed by atoms with van der Waals surface area (Å²) in [5, 5.41) is 9.83. The lowest BCUT2D eigenvalue weighted by molar-refractivity contribution is -0.152. The van der Waals surface area contributed by atoms with Crippen LogP contribution in [0.2, 0.25) is 0 Å². The van der Waals surface area contributed by atoms with Crippen LogP contribution in [0.3, 0.4) is 0 Å². The number of carbonyl (C=O) groups excluding carboxylic acids is 2. The van der Waals surface area contributed by atoms with Gasteiger partial charge in [0.15, 0.2) is 0 Å². The van der Waals surface area contributed by atoms with Crippen molar-refractivity contribution in [1.82, 2.24) is 4.90 Å². The summed E-state index contributed by atoms with van der Waals surface area (Å²) < 4.78 is 10.5. The number of rotatable bonds is 6. The second-order valence-electron chi connectivity index (χ2n) is 5.96. The molecule has 1 aromatic rings. The molecule has 1 fully saturated rings. The number of nitrogens with zero attached hydrogens (tertiary/aromatic N) is 1. The van der Waals surface area contributed by atoms with Crippen molar-refractivity contribution in [2.45, 2.75) is 51.4 Å². The zero-order chi connectivity index (χ0) is 17.4. The first-order chi connectivity index (χ1) is 11.6. The first kappa shape index (κ1) is 18.3. The second kappa shape index (κ2) is 9.27. The molecule has 0 aromatic heterocycles. The molecule has 1 heterocycles. The van der Waals surface area contributed by atoms with Crippen molar-refractivity contribution >= 4 is 12.1 Å². The number of ether oxygens (including phenoxy) is 2. The summed E-state index contributed by atoms with van der Waals surface area (Å²) >= 11 is 0. The van der Waals surface area contributed by atoms with E-state index in [9.17, 15) is 14.7 Å². The van der Waals surface area contributed by atoms with Crippen LogP contribution in [0.1, 0.15) is 38.2 Å². The minimum atomic E-state index is -0.687. The molecule has 0 aliphatic carbocycles. The van der Waals surface area contributed by atoms with E-state index in [1.54, 1.807) is 0 Å². The SMILES string of the molecule is CCCCOC(=O)[C@@H]1CC[C@H](O)CN1C(=O)OCc1ccccc1. The summed E-state index contributed by atoms with van der Waals surface area (Å²) in [6.07, 6.45) is 1.32. The highest BCUT2D eigenvalue weighted by molar-refractivity contribution is 5.81. The molecular weight excluding hydrogens is 310 g/mol. The number of carbonyl (C=O) groups is 2. The van der Waals surface area contributed by atoms with Crippen molar-refractivity contribution in [3.63, 3.8) is 0 Å². The molecule has 1 N–H and O–H groups in total. The molecule has 2 atom stereocenters. The van der Waals surface area contributed by atoms with Gasteiger partial charge in [-0.3, -0.25) is 4.90 Å². The maximum Gasteiger partial charge on any atom is 0.410 e. The van der Waals surface area contributed by atoms with Gasteiger partial charge in [0.2, 0.25) is 0 Å². The van der Waals surface area contributed by atoms with E-state index >= 15 is 0 Å². The van der Waals surface area contributed by atoms with Crippen molar-refractivity contribution in [3.8, 4) is 0 Å². The molecule has 0 radical (unpaired) electrons. The van der Waals surface area contributed by atoms with Gasteiger partial charge in [0.1, 0.15) is 12.6 Å². The lowest BCUT2D eigenvalue weighted by atomic mass is 10.0. The Morgan fingerprint density at radius 1 is 1.21 bits per heavy atom. The molecule has 0 bridgehead atoms. The van der Waals surface area contributed by atoms with Crippen molar-refractivity contribution in [3.05, 3.63) is 35.9 Å². The summed E-state index contributed by atoms with van der Waals surface area (Å²) in [6, 6.07) is 8.63. The first-order valence-corrected chi connectivity index (χ1v) is 8.43. The van der Waals surface area contributed by atoms with E-state index in [0.29, 0.717) is 19.4 Å². The first-order valence-electron chi connectivity index (χ1n) is 8.43. The minimum Gasteiger partial charge on any atom is -0.464 e. The van der Waals surface area contributed by atoms with Gasteiger partial charge >= 0.3 is 12.1 Å². The zero-order valence-electron chi connectivity index (χ0n) is 14.0. The van der Waals surface area contributed by atoms with E-state index in [1.165, 1.54) is 4.90 Å². The third kappa shape index (κ3) is 5.23. The van der Waals surface area contributed by atoms with Gasteiger partial charge in [-0.25, -0.2) is 9.59 Å². The van der Waals surface area contributed by atoms with Crippen LogP contribution in [0.4, 0.5) is 4.79 Å². The molecule has 2 rings (SSSR count). The van der Waals surface area contributed by atoms with Crippen LogP contribution >= 0.6 is 0 Å². The number of likely N-dealkylation sites (tertiary alicyclic amines) is 1. The number of aliphatic hydroxyl groups excluding tert-OH is 1. The fourth-order valence-electron chi connectivity index (χ4n) is 2.61. The topological polar surface area (TPSA) is 76.1 Å². The predicted octanol–water partition coefficient (Wildman–Crippen LogP) is 2.49. The van der Waals surface area contributed by atoms with Gasteiger partial charge in [0, 0.05) is 0 Å². The van der Waals surface area contributed by atoms with Crippen molar-refractivity contribution in [2.75, 3.05) is 13.2 Å². The van der Waals surface area contributed by atoms with Crippen LogP contribution in [0, 0.1) is 0 Å². The third-order valence-corrected chi connectivity index (χ3v) is 4.01. The molecule has 1 aromatic carbocycles. The number of amides is 1. The van der Waals surface area contributed by atoms with Crippen LogP contribution in [-0.2, 0) is 20.9 Å².